The average molecular weight is 404 g/mol. The first-order valence-electron chi connectivity index (χ1n) is 8.77. The maximum Gasteiger partial charge on any atom is 0.471 e. The van der Waals surface area contributed by atoms with E-state index in [1.165, 1.54) is 6.20 Å². The molecule has 29 heavy (non-hydrogen) atoms. The zero-order valence-electron chi connectivity index (χ0n) is 15.0. The van der Waals surface area contributed by atoms with Gasteiger partial charge in [0.1, 0.15) is 11.9 Å². The number of rotatable bonds is 4. The van der Waals surface area contributed by atoms with Gasteiger partial charge in [-0.2, -0.15) is 18.2 Å². The zero-order valence-corrected chi connectivity index (χ0v) is 15.0. The minimum Gasteiger partial charge on any atom is -0.489 e. The quantitative estimate of drug-likeness (QED) is 0.663. The fourth-order valence-electron chi connectivity index (χ4n) is 3.01. The Hall–Kier alpha value is -3.43. The molecule has 3 heterocycles. The van der Waals surface area contributed by atoms with Gasteiger partial charge in [-0.3, -0.25) is 9.78 Å². The lowest BCUT2D eigenvalue weighted by Gasteiger charge is -2.17. The second-order valence-corrected chi connectivity index (χ2v) is 6.47. The number of carbonyl (C=O) groups excluding carboxylic acids is 1. The van der Waals surface area contributed by atoms with Crippen molar-refractivity contribution in [2.75, 3.05) is 13.1 Å². The number of amides is 1. The number of likely N-dealkylation sites (tertiary alicyclic amines) is 1. The van der Waals surface area contributed by atoms with Crippen molar-refractivity contribution >= 4 is 5.91 Å². The number of benzene rings is 1. The molecule has 1 amide bonds. The summed E-state index contributed by atoms with van der Waals surface area (Å²) in [5.41, 5.74) is 0.896. The third kappa shape index (κ3) is 4.20. The van der Waals surface area contributed by atoms with Gasteiger partial charge in [0.15, 0.2) is 0 Å². The van der Waals surface area contributed by atoms with Crippen molar-refractivity contribution in [1.29, 1.82) is 0 Å². The molecular formula is C19H15F3N4O3. The minimum atomic E-state index is -4.68. The van der Waals surface area contributed by atoms with Crippen LogP contribution in [0.4, 0.5) is 13.2 Å². The van der Waals surface area contributed by atoms with Crippen LogP contribution in [0.15, 0.2) is 53.3 Å². The van der Waals surface area contributed by atoms with Gasteiger partial charge in [0.2, 0.25) is 5.82 Å². The Morgan fingerprint density at radius 1 is 1.21 bits per heavy atom. The maximum atomic E-state index is 12.6. The summed E-state index contributed by atoms with van der Waals surface area (Å²) in [6, 6.07) is 9.75. The summed E-state index contributed by atoms with van der Waals surface area (Å²) in [4.78, 5) is 21.5. The molecule has 1 fully saturated rings. The van der Waals surface area contributed by atoms with Gasteiger partial charge >= 0.3 is 12.1 Å². The first kappa shape index (κ1) is 18.9. The number of nitrogens with zero attached hydrogens (tertiary/aromatic N) is 4. The molecule has 4 rings (SSSR count). The molecule has 1 aliphatic rings. The molecule has 1 aromatic carbocycles. The summed E-state index contributed by atoms with van der Waals surface area (Å²) < 4.78 is 47.8. The molecule has 1 unspecified atom stereocenters. The predicted octanol–water partition coefficient (Wildman–Crippen LogP) is 3.44. The van der Waals surface area contributed by atoms with Gasteiger partial charge in [-0.15, -0.1) is 0 Å². The van der Waals surface area contributed by atoms with Crippen LogP contribution in [0.3, 0.4) is 0 Å². The minimum absolute atomic E-state index is 0.0999. The third-order valence-electron chi connectivity index (χ3n) is 4.42. The predicted molar refractivity (Wildman–Crippen MR) is 93.9 cm³/mol. The second kappa shape index (κ2) is 7.53. The van der Waals surface area contributed by atoms with Gasteiger partial charge < -0.3 is 14.2 Å². The van der Waals surface area contributed by atoms with Crippen LogP contribution in [0.2, 0.25) is 0 Å². The van der Waals surface area contributed by atoms with Crippen molar-refractivity contribution in [3.63, 3.8) is 0 Å². The summed E-state index contributed by atoms with van der Waals surface area (Å²) in [7, 11) is 0. The van der Waals surface area contributed by atoms with Crippen molar-refractivity contribution in [3.05, 3.63) is 60.2 Å². The first-order valence-corrected chi connectivity index (χ1v) is 8.77. The van der Waals surface area contributed by atoms with E-state index >= 15 is 0 Å². The number of pyridine rings is 1. The molecular weight excluding hydrogens is 389 g/mol. The van der Waals surface area contributed by atoms with E-state index in [4.69, 9.17) is 4.74 Å². The normalized spacial score (nSPS) is 16.8. The standard InChI is InChI=1S/C19H15F3N4O3/c20-19(21,22)18-24-16(25-29-18)12-3-5-14(6-4-12)28-15-7-9-26(11-15)17(27)13-2-1-8-23-10-13/h1-6,8,10,15H,7,9,11H2. The summed E-state index contributed by atoms with van der Waals surface area (Å²) in [5.74, 6) is -1.11. The van der Waals surface area contributed by atoms with E-state index in [2.05, 4.69) is 19.6 Å². The third-order valence-corrected chi connectivity index (χ3v) is 4.42. The van der Waals surface area contributed by atoms with Crippen molar-refractivity contribution < 1.29 is 27.2 Å². The Morgan fingerprint density at radius 2 is 2.00 bits per heavy atom. The number of carbonyl (C=O) groups is 1. The second-order valence-electron chi connectivity index (χ2n) is 6.47. The van der Waals surface area contributed by atoms with Crippen molar-refractivity contribution in [3.8, 4) is 17.1 Å². The number of halogens is 3. The Bertz CT molecular complexity index is 990. The summed E-state index contributed by atoms with van der Waals surface area (Å²) >= 11 is 0. The fourth-order valence-corrected chi connectivity index (χ4v) is 3.01. The van der Waals surface area contributed by atoms with Crippen molar-refractivity contribution in [2.45, 2.75) is 18.7 Å². The van der Waals surface area contributed by atoms with Crippen LogP contribution in [0, 0.1) is 0 Å². The molecule has 1 aliphatic heterocycles. The molecule has 0 radical (unpaired) electrons. The van der Waals surface area contributed by atoms with Crippen molar-refractivity contribution in [1.82, 2.24) is 20.0 Å². The number of aromatic nitrogens is 3. The number of hydrogen-bond donors (Lipinski definition) is 0. The number of alkyl halides is 3. The Balaban J connectivity index is 1.37. The van der Waals surface area contributed by atoms with E-state index in [0.717, 1.165) is 0 Å². The maximum absolute atomic E-state index is 12.6. The summed E-state index contributed by atoms with van der Waals surface area (Å²) in [6.07, 6.45) is -1.06. The molecule has 2 aromatic heterocycles. The molecule has 150 valence electrons. The molecule has 0 saturated carbocycles. The summed E-state index contributed by atoms with van der Waals surface area (Å²) in [6.45, 7) is 1.01. The molecule has 0 spiro atoms. The van der Waals surface area contributed by atoms with E-state index in [9.17, 15) is 18.0 Å². The van der Waals surface area contributed by atoms with Crippen LogP contribution in [-0.2, 0) is 6.18 Å². The highest BCUT2D eigenvalue weighted by molar-refractivity contribution is 5.94. The lowest BCUT2D eigenvalue weighted by Crippen LogP contribution is -2.30. The highest BCUT2D eigenvalue weighted by Crippen LogP contribution is 2.30. The van der Waals surface area contributed by atoms with Crippen LogP contribution in [0.1, 0.15) is 22.7 Å². The molecule has 10 heteroatoms. The van der Waals surface area contributed by atoms with Gasteiger partial charge in [-0.1, -0.05) is 5.16 Å². The van der Waals surface area contributed by atoms with Gasteiger partial charge in [-0.25, -0.2) is 0 Å². The average Bonchev–Trinajstić information content (AvgIpc) is 3.38. The van der Waals surface area contributed by atoms with Crippen LogP contribution >= 0.6 is 0 Å². The SMILES string of the molecule is O=C(c1cccnc1)N1CCC(Oc2ccc(-c3noc(C(F)(F)F)n3)cc2)C1. The molecule has 7 nitrogen and oxygen atoms in total. The Kier molecular flexibility index (Phi) is 4.91. The van der Waals surface area contributed by atoms with E-state index in [1.807, 2.05) is 0 Å². The molecule has 1 saturated heterocycles. The molecule has 1 atom stereocenters. The van der Waals surface area contributed by atoms with Gasteiger partial charge in [0, 0.05) is 30.9 Å². The topological polar surface area (TPSA) is 81.4 Å². The Labute approximate surface area is 163 Å². The first-order chi connectivity index (χ1) is 13.9. The highest BCUT2D eigenvalue weighted by atomic mass is 19.4. The summed E-state index contributed by atoms with van der Waals surface area (Å²) in [5, 5.41) is 3.35. The monoisotopic (exact) mass is 404 g/mol. The molecule has 0 bridgehead atoms. The van der Waals surface area contributed by atoms with Crippen molar-refractivity contribution in [2.24, 2.45) is 0 Å². The highest BCUT2D eigenvalue weighted by Gasteiger charge is 2.38. The number of ether oxygens (including phenoxy) is 1. The van der Waals surface area contributed by atoms with Crippen LogP contribution in [0.25, 0.3) is 11.4 Å². The lowest BCUT2D eigenvalue weighted by atomic mass is 10.2. The van der Waals surface area contributed by atoms with Crippen LogP contribution in [0.5, 0.6) is 5.75 Å². The van der Waals surface area contributed by atoms with Gasteiger partial charge in [-0.05, 0) is 36.4 Å². The lowest BCUT2D eigenvalue weighted by molar-refractivity contribution is -0.159. The Morgan fingerprint density at radius 3 is 2.66 bits per heavy atom. The molecule has 0 N–H and O–H groups in total. The van der Waals surface area contributed by atoms with E-state index in [-0.39, 0.29) is 17.8 Å². The van der Waals surface area contributed by atoms with Gasteiger partial charge in [0.25, 0.3) is 5.91 Å². The fraction of sp³-hybridized carbons (Fsp3) is 0.263. The molecule has 0 aliphatic carbocycles. The zero-order chi connectivity index (χ0) is 20.4. The van der Waals surface area contributed by atoms with Gasteiger partial charge in [0.05, 0.1) is 12.1 Å². The van der Waals surface area contributed by atoms with Crippen LogP contribution in [-0.4, -0.2) is 45.1 Å². The largest absolute Gasteiger partial charge is 0.489 e. The van der Waals surface area contributed by atoms with Crippen LogP contribution < -0.4 is 4.74 Å². The smallest absolute Gasteiger partial charge is 0.471 e. The van der Waals surface area contributed by atoms with E-state index in [1.54, 1.807) is 47.5 Å². The van der Waals surface area contributed by atoms with E-state index < -0.39 is 12.1 Å². The van der Waals surface area contributed by atoms with E-state index in [0.29, 0.717) is 36.4 Å². The molecule has 3 aromatic rings. The number of hydrogen-bond acceptors (Lipinski definition) is 6.